The fourth-order valence-electron chi connectivity index (χ4n) is 2.65. The molecule has 0 bridgehead atoms. The Morgan fingerprint density at radius 1 is 1.08 bits per heavy atom. The molecule has 0 unspecified atom stereocenters. The summed E-state index contributed by atoms with van der Waals surface area (Å²) in [6.45, 7) is 3.90. The van der Waals surface area contributed by atoms with Crippen LogP contribution in [0.25, 0.3) is 10.9 Å². The molecule has 0 atom stereocenters. The molecule has 1 amide bonds. The molecule has 1 N–H and O–H groups in total. The summed E-state index contributed by atoms with van der Waals surface area (Å²) in [4.78, 5) is 17.1. The zero-order valence-electron chi connectivity index (χ0n) is 13.8. The predicted octanol–water partition coefficient (Wildman–Crippen LogP) is 4.09. The minimum atomic E-state index is -0.224. The van der Waals surface area contributed by atoms with E-state index in [9.17, 15) is 4.79 Å². The minimum absolute atomic E-state index is 0.224. The monoisotopic (exact) mass is 317 g/mol. The number of pyridine rings is 1. The smallest absolute Gasteiger partial charge is 0.267 e. The van der Waals surface area contributed by atoms with Gasteiger partial charge in [-0.15, -0.1) is 0 Å². The summed E-state index contributed by atoms with van der Waals surface area (Å²) in [5.41, 5.74) is 6.75. The van der Waals surface area contributed by atoms with Crippen LogP contribution in [0.15, 0.2) is 65.8 Å². The van der Waals surface area contributed by atoms with Crippen molar-refractivity contribution in [1.82, 2.24) is 10.4 Å². The standard InChI is InChI=1S/C20H19N3O/c1-3-18(15-9-5-4-6-10-15)22-23-20(24)17-13-14(2)21-19-12-8-7-11-16(17)19/h4-13H,3H2,1-2H3,(H,23,24). The Bertz CT molecular complexity index is 901. The number of rotatable bonds is 4. The average molecular weight is 317 g/mol. The highest BCUT2D eigenvalue weighted by Crippen LogP contribution is 2.18. The lowest BCUT2D eigenvalue weighted by atomic mass is 10.1. The number of hydrazone groups is 1. The zero-order valence-corrected chi connectivity index (χ0v) is 13.8. The number of nitrogens with one attached hydrogen (secondary N) is 1. The van der Waals surface area contributed by atoms with Crippen LogP contribution in [0.2, 0.25) is 0 Å². The number of para-hydroxylation sites is 1. The van der Waals surface area contributed by atoms with E-state index in [1.165, 1.54) is 0 Å². The number of carbonyl (C=O) groups excluding carboxylic acids is 1. The van der Waals surface area contributed by atoms with E-state index in [1.54, 1.807) is 6.07 Å². The fourth-order valence-corrected chi connectivity index (χ4v) is 2.65. The summed E-state index contributed by atoms with van der Waals surface area (Å²) >= 11 is 0. The Kier molecular flexibility index (Phi) is 4.66. The molecular weight excluding hydrogens is 298 g/mol. The van der Waals surface area contributed by atoms with E-state index in [0.29, 0.717) is 5.56 Å². The summed E-state index contributed by atoms with van der Waals surface area (Å²) in [6.07, 6.45) is 0.737. The van der Waals surface area contributed by atoms with Crippen molar-refractivity contribution in [3.63, 3.8) is 0 Å². The van der Waals surface area contributed by atoms with Crippen molar-refractivity contribution in [3.05, 3.63) is 77.5 Å². The van der Waals surface area contributed by atoms with Gasteiger partial charge in [0, 0.05) is 11.1 Å². The highest BCUT2D eigenvalue weighted by Gasteiger charge is 2.11. The van der Waals surface area contributed by atoms with Gasteiger partial charge in [-0.2, -0.15) is 5.10 Å². The van der Waals surface area contributed by atoms with E-state index in [0.717, 1.165) is 34.3 Å². The van der Waals surface area contributed by atoms with Crippen molar-refractivity contribution in [1.29, 1.82) is 0 Å². The first kappa shape index (κ1) is 15.9. The third kappa shape index (κ3) is 3.33. The number of carbonyl (C=O) groups is 1. The van der Waals surface area contributed by atoms with Crippen LogP contribution in [0.5, 0.6) is 0 Å². The molecule has 0 radical (unpaired) electrons. The molecule has 0 fully saturated rings. The summed E-state index contributed by atoms with van der Waals surface area (Å²) < 4.78 is 0. The molecule has 1 heterocycles. The number of benzene rings is 2. The lowest BCUT2D eigenvalue weighted by Crippen LogP contribution is -2.20. The SMILES string of the molecule is CCC(=NNC(=O)c1cc(C)nc2ccccc12)c1ccccc1. The van der Waals surface area contributed by atoms with Gasteiger partial charge in [-0.1, -0.05) is 55.5 Å². The Balaban J connectivity index is 1.91. The molecule has 4 nitrogen and oxygen atoms in total. The van der Waals surface area contributed by atoms with E-state index in [4.69, 9.17) is 0 Å². The molecule has 4 heteroatoms. The molecule has 120 valence electrons. The molecule has 0 saturated carbocycles. The van der Waals surface area contributed by atoms with Crippen LogP contribution >= 0.6 is 0 Å². The fraction of sp³-hybridized carbons (Fsp3) is 0.150. The van der Waals surface area contributed by atoms with Gasteiger partial charge < -0.3 is 0 Å². The lowest BCUT2D eigenvalue weighted by Gasteiger charge is -2.08. The highest BCUT2D eigenvalue weighted by molar-refractivity contribution is 6.07. The van der Waals surface area contributed by atoms with E-state index in [-0.39, 0.29) is 5.91 Å². The van der Waals surface area contributed by atoms with Crippen LogP contribution in [-0.4, -0.2) is 16.6 Å². The molecule has 3 aromatic rings. The van der Waals surface area contributed by atoms with Crippen molar-refractivity contribution in [2.75, 3.05) is 0 Å². The van der Waals surface area contributed by atoms with Gasteiger partial charge in [-0.25, -0.2) is 5.43 Å². The zero-order chi connectivity index (χ0) is 16.9. The molecule has 1 aromatic heterocycles. The molecule has 0 saturated heterocycles. The Labute approximate surface area is 141 Å². The van der Waals surface area contributed by atoms with Gasteiger partial charge in [0.15, 0.2) is 0 Å². The van der Waals surface area contributed by atoms with Gasteiger partial charge >= 0.3 is 0 Å². The number of hydrogen-bond acceptors (Lipinski definition) is 3. The second kappa shape index (κ2) is 7.04. The first-order valence-corrected chi connectivity index (χ1v) is 7.97. The van der Waals surface area contributed by atoms with E-state index >= 15 is 0 Å². The third-order valence-electron chi connectivity index (χ3n) is 3.82. The number of amides is 1. The molecule has 24 heavy (non-hydrogen) atoms. The van der Waals surface area contributed by atoms with Gasteiger partial charge in [0.1, 0.15) is 0 Å². The molecule has 2 aromatic carbocycles. The van der Waals surface area contributed by atoms with Crippen LogP contribution in [0.1, 0.15) is 35.0 Å². The van der Waals surface area contributed by atoms with E-state index in [2.05, 4.69) is 15.5 Å². The largest absolute Gasteiger partial charge is 0.272 e. The second-order valence-electron chi connectivity index (χ2n) is 5.55. The van der Waals surface area contributed by atoms with Gasteiger partial charge in [0.05, 0.1) is 16.8 Å². The summed E-state index contributed by atoms with van der Waals surface area (Å²) in [5.74, 6) is -0.224. The Hall–Kier alpha value is -3.01. The van der Waals surface area contributed by atoms with Gasteiger partial charge in [0.2, 0.25) is 0 Å². The van der Waals surface area contributed by atoms with E-state index < -0.39 is 0 Å². The summed E-state index contributed by atoms with van der Waals surface area (Å²) in [5, 5.41) is 5.15. The maximum Gasteiger partial charge on any atom is 0.272 e. The second-order valence-corrected chi connectivity index (χ2v) is 5.55. The minimum Gasteiger partial charge on any atom is -0.267 e. The van der Waals surface area contributed by atoms with Gasteiger partial charge in [-0.05, 0) is 31.0 Å². The normalized spacial score (nSPS) is 11.5. The molecule has 0 aliphatic carbocycles. The topological polar surface area (TPSA) is 54.4 Å². The number of fused-ring (bicyclic) bond motifs is 1. The van der Waals surface area contributed by atoms with Crippen LogP contribution in [0.3, 0.4) is 0 Å². The lowest BCUT2D eigenvalue weighted by molar-refractivity contribution is 0.0956. The van der Waals surface area contributed by atoms with E-state index in [1.807, 2.05) is 68.4 Å². The predicted molar refractivity (Wildman–Crippen MR) is 97.2 cm³/mol. The quantitative estimate of drug-likeness (QED) is 0.582. The molecule has 0 spiro atoms. The Morgan fingerprint density at radius 2 is 1.79 bits per heavy atom. The molecule has 0 aliphatic heterocycles. The molecular formula is C20H19N3O. The van der Waals surface area contributed by atoms with Crippen molar-refractivity contribution in [3.8, 4) is 0 Å². The van der Waals surface area contributed by atoms with Crippen molar-refractivity contribution in [2.24, 2.45) is 5.10 Å². The Morgan fingerprint density at radius 3 is 2.54 bits per heavy atom. The maximum atomic E-state index is 12.6. The van der Waals surface area contributed by atoms with Crippen LogP contribution < -0.4 is 5.43 Å². The molecule has 3 rings (SSSR count). The number of aromatic nitrogens is 1. The highest BCUT2D eigenvalue weighted by atomic mass is 16.2. The van der Waals surface area contributed by atoms with Crippen molar-refractivity contribution >= 4 is 22.5 Å². The number of hydrogen-bond donors (Lipinski definition) is 1. The molecule has 0 aliphatic rings. The number of nitrogens with zero attached hydrogens (tertiary/aromatic N) is 2. The van der Waals surface area contributed by atoms with Crippen LogP contribution in [-0.2, 0) is 0 Å². The summed E-state index contributed by atoms with van der Waals surface area (Å²) in [7, 11) is 0. The van der Waals surface area contributed by atoms with Gasteiger partial charge in [0.25, 0.3) is 5.91 Å². The summed E-state index contributed by atoms with van der Waals surface area (Å²) in [6, 6.07) is 19.3. The average Bonchev–Trinajstić information content (AvgIpc) is 2.62. The van der Waals surface area contributed by atoms with Crippen molar-refractivity contribution < 1.29 is 4.79 Å². The third-order valence-corrected chi connectivity index (χ3v) is 3.82. The number of aryl methyl sites for hydroxylation is 1. The maximum absolute atomic E-state index is 12.6. The van der Waals surface area contributed by atoms with Gasteiger partial charge in [-0.3, -0.25) is 9.78 Å². The first-order valence-electron chi connectivity index (χ1n) is 7.97. The van der Waals surface area contributed by atoms with Crippen LogP contribution in [0.4, 0.5) is 0 Å². The van der Waals surface area contributed by atoms with Crippen molar-refractivity contribution in [2.45, 2.75) is 20.3 Å². The first-order chi connectivity index (χ1) is 11.7. The van der Waals surface area contributed by atoms with Crippen LogP contribution in [0, 0.1) is 6.92 Å².